The van der Waals surface area contributed by atoms with Gasteiger partial charge in [-0.1, -0.05) is 6.07 Å². The maximum atomic E-state index is 12.3. The van der Waals surface area contributed by atoms with Crippen LogP contribution in [0.1, 0.15) is 25.1 Å². The zero-order valence-electron chi connectivity index (χ0n) is 11.6. The van der Waals surface area contributed by atoms with E-state index in [0.717, 1.165) is 22.6 Å². The van der Waals surface area contributed by atoms with Crippen molar-refractivity contribution in [3.8, 4) is 5.69 Å². The molecule has 0 unspecified atom stereocenters. The monoisotopic (exact) mass is 255 g/mol. The van der Waals surface area contributed by atoms with Gasteiger partial charge >= 0.3 is 0 Å². The Bertz CT molecular complexity index is 670. The van der Waals surface area contributed by atoms with Crippen LogP contribution in [-0.2, 0) is 10.2 Å². The van der Waals surface area contributed by atoms with Gasteiger partial charge in [0.25, 0.3) is 0 Å². The van der Waals surface area contributed by atoms with Crippen molar-refractivity contribution in [2.24, 2.45) is 0 Å². The summed E-state index contributed by atoms with van der Waals surface area (Å²) in [5.41, 5.74) is 3.74. The predicted molar refractivity (Wildman–Crippen MR) is 74.7 cm³/mol. The van der Waals surface area contributed by atoms with Gasteiger partial charge in [-0.15, -0.1) is 0 Å². The van der Waals surface area contributed by atoms with Crippen LogP contribution in [0.2, 0.25) is 0 Å². The molecule has 1 aliphatic heterocycles. The third-order valence-electron chi connectivity index (χ3n) is 3.96. The van der Waals surface area contributed by atoms with Crippen LogP contribution in [0.5, 0.6) is 0 Å². The van der Waals surface area contributed by atoms with Crippen LogP contribution in [-0.4, -0.2) is 22.5 Å². The van der Waals surface area contributed by atoms with Crippen LogP contribution in [0.15, 0.2) is 30.7 Å². The average molecular weight is 255 g/mol. The van der Waals surface area contributed by atoms with Gasteiger partial charge in [0.05, 0.1) is 11.7 Å². The van der Waals surface area contributed by atoms with Gasteiger partial charge in [-0.3, -0.25) is 4.79 Å². The molecular weight excluding hydrogens is 238 g/mol. The van der Waals surface area contributed by atoms with Crippen LogP contribution in [0.3, 0.4) is 0 Å². The largest absolute Gasteiger partial charge is 0.314 e. The minimum absolute atomic E-state index is 0.141. The van der Waals surface area contributed by atoms with Gasteiger partial charge in [0.1, 0.15) is 0 Å². The molecule has 98 valence electrons. The molecule has 3 rings (SSSR count). The lowest BCUT2D eigenvalue weighted by Gasteiger charge is -2.16. The van der Waals surface area contributed by atoms with Crippen molar-refractivity contribution in [1.29, 1.82) is 0 Å². The maximum Gasteiger partial charge on any atom is 0.236 e. The number of hydrogen-bond acceptors (Lipinski definition) is 2. The molecule has 1 aromatic carbocycles. The van der Waals surface area contributed by atoms with Gasteiger partial charge in [0.2, 0.25) is 5.91 Å². The zero-order valence-corrected chi connectivity index (χ0v) is 11.6. The molecule has 4 nitrogen and oxygen atoms in total. The van der Waals surface area contributed by atoms with Gasteiger partial charge in [0.15, 0.2) is 0 Å². The van der Waals surface area contributed by atoms with Crippen LogP contribution >= 0.6 is 0 Å². The summed E-state index contributed by atoms with van der Waals surface area (Å²) in [4.78, 5) is 18.1. The highest BCUT2D eigenvalue weighted by Gasteiger charge is 2.42. The summed E-state index contributed by atoms with van der Waals surface area (Å²) in [7, 11) is 1.83. The topological polar surface area (TPSA) is 38.1 Å². The number of aromatic nitrogens is 2. The second-order valence-electron chi connectivity index (χ2n) is 5.60. The summed E-state index contributed by atoms with van der Waals surface area (Å²) in [6, 6.07) is 6.14. The van der Waals surface area contributed by atoms with Gasteiger partial charge in [-0.2, -0.15) is 0 Å². The highest BCUT2D eigenvalue weighted by atomic mass is 16.2. The third kappa shape index (κ3) is 1.52. The summed E-state index contributed by atoms with van der Waals surface area (Å²) in [5.74, 6) is 0.141. The molecule has 0 bridgehead atoms. The van der Waals surface area contributed by atoms with E-state index in [9.17, 15) is 4.79 Å². The molecule has 0 saturated carbocycles. The van der Waals surface area contributed by atoms with Crippen molar-refractivity contribution < 1.29 is 4.79 Å². The van der Waals surface area contributed by atoms with E-state index in [0.29, 0.717) is 0 Å². The third-order valence-corrected chi connectivity index (χ3v) is 3.96. The first-order chi connectivity index (χ1) is 8.93. The van der Waals surface area contributed by atoms with E-state index in [2.05, 4.69) is 11.1 Å². The molecule has 0 saturated heterocycles. The molecule has 0 fully saturated rings. The number of fused-ring (bicyclic) bond motifs is 1. The lowest BCUT2D eigenvalue weighted by atomic mass is 9.86. The van der Waals surface area contributed by atoms with Crippen molar-refractivity contribution in [3.05, 3.63) is 42.0 Å². The minimum atomic E-state index is -0.438. The van der Waals surface area contributed by atoms with Gasteiger partial charge in [-0.25, -0.2) is 4.98 Å². The van der Waals surface area contributed by atoms with Crippen molar-refractivity contribution in [2.45, 2.75) is 26.2 Å². The van der Waals surface area contributed by atoms with E-state index in [1.54, 1.807) is 11.2 Å². The fourth-order valence-corrected chi connectivity index (χ4v) is 2.75. The molecule has 0 spiro atoms. The number of carbonyl (C=O) groups is 1. The van der Waals surface area contributed by atoms with Crippen LogP contribution < -0.4 is 4.90 Å². The Balaban J connectivity index is 2.17. The first-order valence-corrected chi connectivity index (χ1v) is 6.35. The maximum absolute atomic E-state index is 12.3. The highest BCUT2D eigenvalue weighted by molar-refractivity contribution is 6.07. The number of imidazole rings is 1. The lowest BCUT2D eigenvalue weighted by Crippen LogP contribution is -2.33. The summed E-state index contributed by atoms with van der Waals surface area (Å²) < 4.78 is 2.02. The fourth-order valence-electron chi connectivity index (χ4n) is 2.75. The summed E-state index contributed by atoms with van der Waals surface area (Å²) in [6.07, 6.45) is 3.62. The quantitative estimate of drug-likeness (QED) is 0.785. The predicted octanol–water partition coefficient (Wildman–Crippen LogP) is 2.43. The van der Waals surface area contributed by atoms with Gasteiger partial charge in [-0.05, 0) is 38.5 Å². The zero-order chi connectivity index (χ0) is 13.8. The molecule has 2 aromatic rings. The number of amides is 1. The molecule has 0 radical (unpaired) electrons. The molecule has 0 aliphatic carbocycles. The van der Waals surface area contributed by atoms with Crippen LogP contribution in [0, 0.1) is 6.92 Å². The molecular formula is C15H17N3O. The van der Waals surface area contributed by atoms with Crippen molar-refractivity contribution >= 4 is 11.6 Å². The molecule has 1 aromatic heterocycles. The average Bonchev–Trinajstić information content (AvgIpc) is 2.88. The first kappa shape index (κ1) is 12.0. The van der Waals surface area contributed by atoms with E-state index in [-0.39, 0.29) is 5.91 Å². The standard InChI is InChI=1S/C15H17N3O/c1-10-8-16-9-18(10)11-5-6-12-13(7-11)17(4)14(19)15(12,2)3/h5-9H,1-4H3. The Morgan fingerprint density at radius 2 is 2.00 bits per heavy atom. The molecule has 1 aliphatic rings. The van der Waals surface area contributed by atoms with E-state index in [4.69, 9.17) is 0 Å². The number of hydrogen-bond donors (Lipinski definition) is 0. The van der Waals surface area contributed by atoms with Gasteiger partial charge < -0.3 is 9.47 Å². The Morgan fingerprint density at radius 3 is 2.63 bits per heavy atom. The number of likely N-dealkylation sites (N-methyl/N-ethyl adjacent to an activating group) is 1. The molecule has 4 heteroatoms. The highest BCUT2D eigenvalue weighted by Crippen LogP contribution is 2.41. The fraction of sp³-hybridized carbons (Fsp3) is 0.333. The Hall–Kier alpha value is -2.10. The Kier molecular flexibility index (Phi) is 2.33. The van der Waals surface area contributed by atoms with E-state index in [1.807, 2.05) is 50.7 Å². The number of nitrogens with zero attached hydrogens (tertiary/aromatic N) is 3. The molecule has 0 atom stereocenters. The second kappa shape index (κ2) is 3.70. The van der Waals surface area contributed by atoms with E-state index >= 15 is 0 Å². The lowest BCUT2D eigenvalue weighted by molar-refractivity contribution is -0.121. The van der Waals surface area contributed by atoms with Crippen LogP contribution in [0.4, 0.5) is 5.69 Å². The second-order valence-corrected chi connectivity index (χ2v) is 5.60. The minimum Gasteiger partial charge on any atom is -0.314 e. The number of anilines is 1. The smallest absolute Gasteiger partial charge is 0.236 e. The molecule has 2 heterocycles. The Labute approximate surface area is 112 Å². The first-order valence-electron chi connectivity index (χ1n) is 6.35. The number of benzene rings is 1. The summed E-state index contributed by atoms with van der Waals surface area (Å²) in [5, 5.41) is 0. The van der Waals surface area contributed by atoms with E-state index < -0.39 is 5.41 Å². The normalized spacial score (nSPS) is 16.8. The van der Waals surface area contributed by atoms with Crippen molar-refractivity contribution in [1.82, 2.24) is 9.55 Å². The van der Waals surface area contributed by atoms with E-state index in [1.165, 1.54) is 0 Å². The van der Waals surface area contributed by atoms with Crippen molar-refractivity contribution in [3.63, 3.8) is 0 Å². The SMILES string of the molecule is Cc1cncn1-c1ccc2c(c1)N(C)C(=O)C2(C)C. The molecule has 0 N–H and O–H groups in total. The van der Waals surface area contributed by atoms with Crippen molar-refractivity contribution in [2.75, 3.05) is 11.9 Å². The van der Waals surface area contributed by atoms with Crippen LogP contribution in [0.25, 0.3) is 5.69 Å². The summed E-state index contributed by atoms with van der Waals surface area (Å²) >= 11 is 0. The van der Waals surface area contributed by atoms with Gasteiger partial charge in [0, 0.05) is 30.3 Å². The molecule has 19 heavy (non-hydrogen) atoms. The number of aryl methyl sites for hydroxylation is 1. The number of carbonyl (C=O) groups excluding carboxylic acids is 1. The number of rotatable bonds is 1. The molecule has 1 amide bonds. The Morgan fingerprint density at radius 1 is 1.26 bits per heavy atom. The summed E-state index contributed by atoms with van der Waals surface area (Å²) in [6.45, 7) is 5.96.